The molecule has 1 aliphatic rings. The number of anilines is 2. The van der Waals surface area contributed by atoms with Crippen molar-refractivity contribution < 1.29 is 9.47 Å². The molecule has 0 amide bonds. The molecular weight excluding hydrogens is 252 g/mol. The van der Waals surface area contributed by atoms with Gasteiger partial charge in [0.25, 0.3) is 0 Å². The van der Waals surface area contributed by atoms with E-state index in [1.807, 2.05) is 26.0 Å². The van der Waals surface area contributed by atoms with E-state index in [4.69, 9.17) is 15.2 Å². The van der Waals surface area contributed by atoms with E-state index in [2.05, 4.69) is 17.9 Å². The molecule has 0 saturated carbocycles. The minimum Gasteiger partial charge on any atom is -0.489 e. The second-order valence-electron chi connectivity index (χ2n) is 5.55. The highest BCUT2D eigenvalue weighted by Crippen LogP contribution is 2.30. The van der Waals surface area contributed by atoms with Gasteiger partial charge in [-0.3, -0.25) is 0 Å². The van der Waals surface area contributed by atoms with Crippen molar-refractivity contribution in [3.63, 3.8) is 0 Å². The lowest BCUT2D eigenvalue weighted by atomic mass is 10.1. The van der Waals surface area contributed by atoms with Gasteiger partial charge >= 0.3 is 0 Å². The van der Waals surface area contributed by atoms with Crippen molar-refractivity contribution in [1.29, 1.82) is 0 Å². The van der Waals surface area contributed by atoms with Gasteiger partial charge in [0.2, 0.25) is 0 Å². The van der Waals surface area contributed by atoms with Crippen LogP contribution in [0.25, 0.3) is 0 Å². The molecule has 1 saturated heterocycles. The molecule has 1 aromatic carbocycles. The van der Waals surface area contributed by atoms with E-state index in [-0.39, 0.29) is 6.10 Å². The summed E-state index contributed by atoms with van der Waals surface area (Å²) in [6, 6.07) is 6.04. The van der Waals surface area contributed by atoms with Crippen molar-refractivity contribution in [3.8, 4) is 5.75 Å². The highest BCUT2D eigenvalue weighted by Gasteiger charge is 2.21. The Balaban J connectivity index is 2.11. The second-order valence-corrected chi connectivity index (χ2v) is 5.55. The van der Waals surface area contributed by atoms with Crippen LogP contribution in [0.1, 0.15) is 33.6 Å². The third-order valence-electron chi connectivity index (χ3n) is 3.51. The van der Waals surface area contributed by atoms with Gasteiger partial charge in [-0.2, -0.15) is 0 Å². The van der Waals surface area contributed by atoms with Gasteiger partial charge in [0, 0.05) is 31.5 Å². The molecule has 112 valence electrons. The van der Waals surface area contributed by atoms with Gasteiger partial charge in [-0.15, -0.1) is 0 Å². The minimum absolute atomic E-state index is 0.130. The van der Waals surface area contributed by atoms with E-state index >= 15 is 0 Å². The van der Waals surface area contributed by atoms with Crippen LogP contribution in [0.2, 0.25) is 0 Å². The fourth-order valence-electron chi connectivity index (χ4n) is 2.62. The van der Waals surface area contributed by atoms with Gasteiger partial charge < -0.3 is 20.1 Å². The molecular formula is C16H26N2O2. The van der Waals surface area contributed by atoms with Gasteiger partial charge in [-0.05, 0) is 45.7 Å². The fraction of sp³-hybridized carbons (Fsp3) is 0.625. The highest BCUT2D eigenvalue weighted by atomic mass is 16.5. The van der Waals surface area contributed by atoms with E-state index in [0.29, 0.717) is 11.8 Å². The zero-order chi connectivity index (χ0) is 14.5. The monoisotopic (exact) mass is 278 g/mol. The molecule has 0 radical (unpaired) electrons. The minimum atomic E-state index is 0.130. The largest absolute Gasteiger partial charge is 0.489 e. The Labute approximate surface area is 121 Å². The molecule has 1 unspecified atom stereocenters. The van der Waals surface area contributed by atoms with Gasteiger partial charge in [0.05, 0.1) is 17.9 Å². The third kappa shape index (κ3) is 3.79. The van der Waals surface area contributed by atoms with E-state index in [1.165, 1.54) is 5.69 Å². The van der Waals surface area contributed by atoms with Gasteiger partial charge in [0.15, 0.2) is 0 Å². The number of piperidine rings is 1. The quantitative estimate of drug-likeness (QED) is 0.841. The maximum atomic E-state index is 5.97. The van der Waals surface area contributed by atoms with E-state index in [9.17, 15) is 0 Å². The van der Waals surface area contributed by atoms with Crippen LogP contribution in [0.5, 0.6) is 5.75 Å². The molecule has 1 heterocycles. The van der Waals surface area contributed by atoms with E-state index in [1.54, 1.807) is 0 Å². The number of ether oxygens (including phenoxy) is 2. The Hall–Kier alpha value is -1.42. The van der Waals surface area contributed by atoms with Crippen LogP contribution < -0.4 is 15.4 Å². The predicted octanol–water partition coefficient (Wildman–Crippen LogP) is 3.06. The SMILES string of the molecule is CCOC1CCCN(c2ccc(N)c(OC(C)C)c2)C1. The standard InChI is InChI=1S/C16H26N2O2/c1-4-19-14-6-5-9-18(11-14)13-7-8-15(17)16(10-13)20-12(2)3/h7-8,10,12,14H,4-6,9,11,17H2,1-3H3. The predicted molar refractivity (Wildman–Crippen MR) is 83.5 cm³/mol. The number of benzene rings is 1. The summed E-state index contributed by atoms with van der Waals surface area (Å²) in [6.07, 6.45) is 2.77. The lowest BCUT2D eigenvalue weighted by Gasteiger charge is -2.34. The van der Waals surface area contributed by atoms with Gasteiger partial charge in [-0.1, -0.05) is 0 Å². The summed E-state index contributed by atoms with van der Waals surface area (Å²) in [5.41, 5.74) is 7.84. The maximum Gasteiger partial charge on any atom is 0.144 e. The molecule has 1 atom stereocenters. The van der Waals surface area contributed by atoms with Crippen LogP contribution in [0.15, 0.2) is 18.2 Å². The Bertz CT molecular complexity index is 432. The molecule has 0 spiro atoms. The third-order valence-corrected chi connectivity index (χ3v) is 3.51. The van der Waals surface area contributed by atoms with Crippen molar-refractivity contribution >= 4 is 11.4 Å². The number of nitrogens with zero attached hydrogens (tertiary/aromatic N) is 1. The molecule has 4 nitrogen and oxygen atoms in total. The number of nitrogen functional groups attached to an aromatic ring is 1. The Morgan fingerprint density at radius 3 is 2.90 bits per heavy atom. The lowest BCUT2D eigenvalue weighted by Crippen LogP contribution is -2.39. The van der Waals surface area contributed by atoms with Crippen molar-refractivity contribution in [2.24, 2.45) is 0 Å². The summed E-state index contributed by atoms with van der Waals surface area (Å²) in [4.78, 5) is 2.36. The van der Waals surface area contributed by atoms with Gasteiger partial charge in [-0.25, -0.2) is 0 Å². The highest BCUT2D eigenvalue weighted by molar-refractivity contribution is 5.62. The molecule has 0 bridgehead atoms. The summed E-state index contributed by atoms with van der Waals surface area (Å²) < 4.78 is 11.5. The first kappa shape index (κ1) is 15.0. The number of hydrogen-bond acceptors (Lipinski definition) is 4. The van der Waals surface area contributed by atoms with Crippen LogP contribution in [0, 0.1) is 0 Å². The molecule has 20 heavy (non-hydrogen) atoms. The zero-order valence-electron chi connectivity index (χ0n) is 12.8. The smallest absolute Gasteiger partial charge is 0.144 e. The fourth-order valence-corrected chi connectivity index (χ4v) is 2.62. The summed E-state index contributed by atoms with van der Waals surface area (Å²) in [5, 5.41) is 0. The topological polar surface area (TPSA) is 47.7 Å². The summed E-state index contributed by atoms with van der Waals surface area (Å²) in [7, 11) is 0. The molecule has 1 aliphatic heterocycles. The average Bonchev–Trinajstić information content (AvgIpc) is 2.41. The molecule has 4 heteroatoms. The van der Waals surface area contributed by atoms with Gasteiger partial charge in [0.1, 0.15) is 5.75 Å². The van der Waals surface area contributed by atoms with Crippen LogP contribution in [-0.4, -0.2) is 31.9 Å². The van der Waals surface area contributed by atoms with Crippen LogP contribution in [0.4, 0.5) is 11.4 Å². The van der Waals surface area contributed by atoms with Crippen molar-refractivity contribution in [2.45, 2.75) is 45.8 Å². The van der Waals surface area contributed by atoms with Crippen LogP contribution >= 0.6 is 0 Å². The molecule has 2 rings (SSSR count). The number of rotatable bonds is 5. The summed E-state index contributed by atoms with van der Waals surface area (Å²) >= 11 is 0. The molecule has 1 fully saturated rings. The van der Waals surface area contributed by atoms with E-state index in [0.717, 1.165) is 38.3 Å². The lowest BCUT2D eigenvalue weighted by molar-refractivity contribution is 0.0526. The number of nitrogens with two attached hydrogens (primary N) is 1. The van der Waals surface area contributed by atoms with Crippen LogP contribution in [-0.2, 0) is 4.74 Å². The molecule has 2 N–H and O–H groups in total. The van der Waals surface area contributed by atoms with Crippen molar-refractivity contribution in [1.82, 2.24) is 0 Å². The first-order chi connectivity index (χ1) is 9.60. The number of hydrogen-bond donors (Lipinski definition) is 1. The maximum absolute atomic E-state index is 5.97. The molecule has 0 aromatic heterocycles. The van der Waals surface area contributed by atoms with Crippen molar-refractivity contribution in [3.05, 3.63) is 18.2 Å². The molecule has 0 aliphatic carbocycles. The second kappa shape index (κ2) is 6.84. The average molecular weight is 278 g/mol. The normalized spacial score (nSPS) is 19.4. The summed E-state index contributed by atoms with van der Waals surface area (Å²) in [5.74, 6) is 0.774. The Morgan fingerprint density at radius 2 is 2.20 bits per heavy atom. The Morgan fingerprint density at radius 1 is 1.40 bits per heavy atom. The Kier molecular flexibility index (Phi) is 5.12. The van der Waals surface area contributed by atoms with E-state index < -0.39 is 0 Å². The van der Waals surface area contributed by atoms with Crippen molar-refractivity contribution in [2.75, 3.05) is 30.3 Å². The summed E-state index contributed by atoms with van der Waals surface area (Å²) in [6.45, 7) is 8.86. The van der Waals surface area contributed by atoms with Crippen LogP contribution in [0.3, 0.4) is 0 Å². The first-order valence-electron chi connectivity index (χ1n) is 7.53. The molecule has 1 aromatic rings. The zero-order valence-corrected chi connectivity index (χ0v) is 12.8. The first-order valence-corrected chi connectivity index (χ1v) is 7.53.